The van der Waals surface area contributed by atoms with Crippen molar-refractivity contribution in [2.24, 2.45) is 0 Å². The van der Waals surface area contributed by atoms with E-state index in [2.05, 4.69) is 0 Å². The number of para-hydroxylation sites is 1. The van der Waals surface area contributed by atoms with Crippen molar-refractivity contribution in [2.75, 3.05) is 0 Å². The molecule has 1 aliphatic carbocycles. The maximum Gasteiger partial charge on any atom is 0.203 e. The Kier molecular flexibility index (Phi) is 2.05. The second-order valence-electron chi connectivity index (χ2n) is 3.98. The zero-order valence-corrected chi connectivity index (χ0v) is 9.23. The van der Waals surface area contributed by atoms with Gasteiger partial charge in [-0.3, -0.25) is 4.79 Å². The number of rotatable bonds is 0. The molecule has 4 heteroatoms. The molecule has 0 bridgehead atoms. The fraction of sp³-hybridized carbons (Fsp3) is 0.0714. The average molecular weight is 234 g/mol. The molecule has 1 aromatic carbocycles. The minimum Gasteiger partial charge on any atom is -0.452 e. The van der Waals surface area contributed by atoms with E-state index in [0.717, 1.165) is 5.39 Å². The maximum atomic E-state index is 11.8. The van der Waals surface area contributed by atoms with Crippen LogP contribution in [0, 0.1) is 22.7 Å². The molecule has 0 radical (unpaired) electrons. The average Bonchev–Trinajstić information content (AvgIpc) is 2.91. The highest BCUT2D eigenvalue weighted by atomic mass is 16.3. The Labute approximate surface area is 102 Å². The smallest absolute Gasteiger partial charge is 0.203 e. The van der Waals surface area contributed by atoms with E-state index < -0.39 is 0 Å². The van der Waals surface area contributed by atoms with E-state index in [0.29, 0.717) is 16.7 Å². The van der Waals surface area contributed by atoms with E-state index in [1.165, 1.54) is 0 Å². The molecule has 18 heavy (non-hydrogen) atoms. The number of allylic oxidation sites excluding steroid dienone is 2. The van der Waals surface area contributed by atoms with Gasteiger partial charge in [-0.05, 0) is 6.07 Å². The summed E-state index contributed by atoms with van der Waals surface area (Å²) < 4.78 is 5.49. The summed E-state index contributed by atoms with van der Waals surface area (Å²) in [6, 6.07) is 10.9. The van der Waals surface area contributed by atoms with Gasteiger partial charge in [0.1, 0.15) is 23.3 Å². The Morgan fingerprint density at radius 3 is 2.67 bits per heavy atom. The Hall–Kier alpha value is -2.85. The van der Waals surface area contributed by atoms with Crippen molar-refractivity contribution in [3.8, 4) is 12.1 Å². The van der Waals surface area contributed by atoms with Gasteiger partial charge in [-0.15, -0.1) is 0 Å². The van der Waals surface area contributed by atoms with E-state index >= 15 is 0 Å². The molecule has 1 aliphatic rings. The van der Waals surface area contributed by atoms with Gasteiger partial charge in [0.05, 0.1) is 0 Å². The number of furan rings is 1. The Morgan fingerprint density at radius 1 is 1.22 bits per heavy atom. The quantitative estimate of drug-likeness (QED) is 0.656. The lowest BCUT2D eigenvalue weighted by atomic mass is 10.0. The first-order valence-corrected chi connectivity index (χ1v) is 5.34. The number of ketones is 1. The topological polar surface area (TPSA) is 77.8 Å². The molecule has 2 aromatic rings. The molecule has 4 nitrogen and oxygen atoms in total. The van der Waals surface area contributed by atoms with Crippen LogP contribution in [-0.2, 0) is 0 Å². The molecule has 1 heterocycles. The van der Waals surface area contributed by atoms with Gasteiger partial charge in [-0.25, -0.2) is 0 Å². The van der Waals surface area contributed by atoms with E-state index in [1.807, 2.05) is 30.3 Å². The van der Waals surface area contributed by atoms with Crippen molar-refractivity contribution in [2.45, 2.75) is 6.42 Å². The fourth-order valence-electron chi connectivity index (χ4n) is 2.24. The van der Waals surface area contributed by atoms with Gasteiger partial charge in [0.15, 0.2) is 5.76 Å². The molecule has 0 saturated carbocycles. The Morgan fingerprint density at radius 2 is 1.94 bits per heavy atom. The predicted molar refractivity (Wildman–Crippen MR) is 63.3 cm³/mol. The van der Waals surface area contributed by atoms with Gasteiger partial charge in [-0.2, -0.15) is 10.5 Å². The maximum absolute atomic E-state index is 11.8. The number of benzene rings is 1. The molecule has 0 saturated heterocycles. The third-order valence-electron chi connectivity index (χ3n) is 3.01. The van der Waals surface area contributed by atoms with E-state index in [-0.39, 0.29) is 23.5 Å². The number of carbonyl (C=O) groups is 1. The molecule has 0 unspecified atom stereocenters. The largest absolute Gasteiger partial charge is 0.452 e. The molecule has 3 rings (SSSR count). The number of Topliss-reactive ketones (excluding diaryl/α,β-unsaturated/α-hetero) is 1. The second kappa shape index (κ2) is 3.58. The molecular formula is C14H6N2O2. The zero-order chi connectivity index (χ0) is 12.7. The molecular weight excluding hydrogens is 228 g/mol. The van der Waals surface area contributed by atoms with Gasteiger partial charge in [0.25, 0.3) is 0 Å². The molecule has 0 atom stereocenters. The van der Waals surface area contributed by atoms with Crippen molar-refractivity contribution >= 4 is 22.3 Å². The normalized spacial score (nSPS) is 13.2. The van der Waals surface area contributed by atoms with Crippen molar-refractivity contribution in [3.63, 3.8) is 0 Å². The van der Waals surface area contributed by atoms with Gasteiger partial charge in [-0.1, -0.05) is 18.2 Å². The summed E-state index contributed by atoms with van der Waals surface area (Å²) in [6.45, 7) is 0. The van der Waals surface area contributed by atoms with Crippen LogP contribution in [0.25, 0.3) is 16.5 Å². The number of nitriles is 2. The molecule has 0 fully saturated rings. The SMILES string of the molecule is N#CC(C#N)=C1CC(=O)c2oc3ccccc3c21. The first kappa shape index (κ1) is 10.3. The van der Waals surface area contributed by atoms with Crippen LogP contribution in [0.4, 0.5) is 0 Å². The first-order valence-electron chi connectivity index (χ1n) is 5.34. The standard InChI is InChI=1S/C14H6N2O2/c15-6-8(7-16)10-5-11(17)14-13(10)9-3-1-2-4-12(9)18-14/h1-4H,5H2. The molecule has 84 valence electrons. The Bertz CT molecular complexity index is 781. The number of fused-ring (bicyclic) bond motifs is 3. The third kappa shape index (κ3) is 1.20. The van der Waals surface area contributed by atoms with E-state index in [4.69, 9.17) is 14.9 Å². The van der Waals surface area contributed by atoms with Crippen LogP contribution >= 0.6 is 0 Å². The summed E-state index contributed by atoms with van der Waals surface area (Å²) in [5.74, 6) is 0.0772. The first-order chi connectivity index (χ1) is 8.76. The lowest BCUT2D eigenvalue weighted by Crippen LogP contribution is -1.88. The van der Waals surface area contributed by atoms with Crippen molar-refractivity contribution < 1.29 is 9.21 Å². The van der Waals surface area contributed by atoms with Gasteiger partial charge in [0, 0.05) is 22.9 Å². The van der Waals surface area contributed by atoms with Crippen LogP contribution < -0.4 is 0 Å². The summed E-state index contributed by atoms with van der Waals surface area (Å²) in [7, 11) is 0. The highest BCUT2D eigenvalue weighted by molar-refractivity contribution is 6.16. The van der Waals surface area contributed by atoms with Crippen molar-refractivity contribution in [1.82, 2.24) is 0 Å². The summed E-state index contributed by atoms with van der Waals surface area (Å²) in [5.41, 5.74) is 1.66. The van der Waals surface area contributed by atoms with Crippen LogP contribution in [0.15, 0.2) is 34.3 Å². The van der Waals surface area contributed by atoms with Crippen LogP contribution in [0.3, 0.4) is 0 Å². The Balaban J connectivity index is 2.44. The molecule has 0 N–H and O–H groups in total. The van der Waals surface area contributed by atoms with Gasteiger partial charge in [0.2, 0.25) is 5.78 Å². The van der Waals surface area contributed by atoms with Crippen molar-refractivity contribution in [1.29, 1.82) is 10.5 Å². The summed E-state index contributed by atoms with van der Waals surface area (Å²) in [4.78, 5) is 11.8. The third-order valence-corrected chi connectivity index (χ3v) is 3.01. The predicted octanol–water partition coefficient (Wildman–Crippen LogP) is 2.82. The van der Waals surface area contributed by atoms with Crippen LogP contribution in [0.1, 0.15) is 22.5 Å². The van der Waals surface area contributed by atoms with Crippen molar-refractivity contribution in [3.05, 3.63) is 41.2 Å². The van der Waals surface area contributed by atoms with Crippen LogP contribution in [0.5, 0.6) is 0 Å². The summed E-state index contributed by atoms with van der Waals surface area (Å²) >= 11 is 0. The molecule has 0 amide bonds. The van der Waals surface area contributed by atoms with Gasteiger partial charge < -0.3 is 4.42 Å². The number of hydrogen-bond acceptors (Lipinski definition) is 4. The monoisotopic (exact) mass is 234 g/mol. The number of carbonyl (C=O) groups excluding carboxylic acids is 1. The lowest BCUT2D eigenvalue weighted by molar-refractivity contribution is 0.0981. The van der Waals surface area contributed by atoms with Crippen LogP contribution in [0.2, 0.25) is 0 Å². The lowest BCUT2D eigenvalue weighted by Gasteiger charge is -1.96. The second-order valence-corrected chi connectivity index (χ2v) is 3.98. The minimum atomic E-state index is -0.181. The number of hydrogen-bond donors (Lipinski definition) is 0. The van der Waals surface area contributed by atoms with Gasteiger partial charge >= 0.3 is 0 Å². The number of nitrogens with zero attached hydrogens (tertiary/aromatic N) is 2. The van der Waals surface area contributed by atoms with E-state index in [1.54, 1.807) is 6.07 Å². The highest BCUT2D eigenvalue weighted by Crippen LogP contribution is 2.41. The fourth-order valence-corrected chi connectivity index (χ4v) is 2.24. The molecule has 1 aromatic heterocycles. The summed E-state index contributed by atoms with van der Waals surface area (Å²) in [6.07, 6.45) is 0.0649. The molecule has 0 aliphatic heterocycles. The minimum absolute atomic E-state index is 0.0198. The van der Waals surface area contributed by atoms with Crippen LogP contribution in [-0.4, -0.2) is 5.78 Å². The highest BCUT2D eigenvalue weighted by Gasteiger charge is 2.33. The van der Waals surface area contributed by atoms with E-state index in [9.17, 15) is 4.79 Å². The summed E-state index contributed by atoms with van der Waals surface area (Å²) in [5, 5.41) is 18.6. The zero-order valence-electron chi connectivity index (χ0n) is 9.23. The molecule has 0 spiro atoms.